The molecule has 2 nitrogen and oxygen atoms in total. The molecule has 0 spiro atoms. The van der Waals surface area contributed by atoms with Crippen LogP contribution >= 0.6 is 0 Å². The van der Waals surface area contributed by atoms with Crippen molar-refractivity contribution in [3.63, 3.8) is 0 Å². The van der Waals surface area contributed by atoms with Crippen molar-refractivity contribution in [2.45, 2.75) is 58.0 Å². The highest BCUT2D eigenvalue weighted by Crippen LogP contribution is 2.35. The van der Waals surface area contributed by atoms with Crippen molar-refractivity contribution in [1.29, 1.82) is 0 Å². The fraction of sp³-hybridized carbons (Fsp3) is 0.923. The molecular weight excluding hydrogens is 184 g/mol. The van der Waals surface area contributed by atoms with Crippen molar-refractivity contribution in [3.8, 4) is 0 Å². The van der Waals surface area contributed by atoms with E-state index in [1.165, 1.54) is 25.7 Å². The molecule has 0 saturated carbocycles. The molecule has 2 atom stereocenters. The number of fused-ring (bicyclic) bond motifs is 1. The zero-order chi connectivity index (χ0) is 10.9. The standard InChI is InChI=1S/C13H24N2/c1-4-11-5-6-12-10-14-7-8-15(12)13(2,3)9-11/h7,11-12H,4-6,8-10H2,1-3H3. The Morgan fingerprint density at radius 2 is 2.20 bits per heavy atom. The SMILES string of the molecule is CCC1CCC2CN=CCN2C(C)(C)C1. The lowest BCUT2D eigenvalue weighted by molar-refractivity contribution is 0.0843. The van der Waals surface area contributed by atoms with Crippen LogP contribution in [0.25, 0.3) is 0 Å². The van der Waals surface area contributed by atoms with Crippen molar-refractivity contribution >= 4 is 6.21 Å². The van der Waals surface area contributed by atoms with Crippen LogP contribution in [-0.4, -0.2) is 35.8 Å². The fourth-order valence-corrected chi connectivity index (χ4v) is 3.28. The summed E-state index contributed by atoms with van der Waals surface area (Å²) in [4.78, 5) is 7.13. The van der Waals surface area contributed by atoms with E-state index in [1.54, 1.807) is 0 Å². The molecule has 0 aromatic heterocycles. The molecule has 86 valence electrons. The van der Waals surface area contributed by atoms with E-state index in [4.69, 9.17) is 0 Å². The molecule has 2 heteroatoms. The Kier molecular flexibility index (Phi) is 3.15. The molecule has 0 aromatic carbocycles. The minimum Gasteiger partial charge on any atom is -0.295 e. The van der Waals surface area contributed by atoms with E-state index in [1.807, 2.05) is 0 Å². The van der Waals surface area contributed by atoms with Crippen LogP contribution in [0.4, 0.5) is 0 Å². The zero-order valence-corrected chi connectivity index (χ0v) is 10.4. The van der Waals surface area contributed by atoms with Crippen LogP contribution in [0.3, 0.4) is 0 Å². The van der Waals surface area contributed by atoms with E-state index in [0.29, 0.717) is 11.6 Å². The molecule has 0 bridgehead atoms. The van der Waals surface area contributed by atoms with Crippen LogP contribution in [0.2, 0.25) is 0 Å². The van der Waals surface area contributed by atoms with Gasteiger partial charge in [-0.2, -0.15) is 0 Å². The first-order valence-electron chi connectivity index (χ1n) is 6.38. The number of aliphatic imine (C=N–C) groups is 1. The maximum atomic E-state index is 4.45. The first kappa shape index (κ1) is 11.1. The molecular formula is C13H24N2. The summed E-state index contributed by atoms with van der Waals surface area (Å²) in [6.07, 6.45) is 7.54. The third-order valence-electron chi connectivity index (χ3n) is 4.22. The summed E-state index contributed by atoms with van der Waals surface area (Å²) in [5, 5.41) is 0. The van der Waals surface area contributed by atoms with Crippen LogP contribution < -0.4 is 0 Å². The van der Waals surface area contributed by atoms with Gasteiger partial charge in [0.2, 0.25) is 0 Å². The lowest BCUT2D eigenvalue weighted by atomic mass is 9.87. The number of hydrogen-bond acceptors (Lipinski definition) is 2. The monoisotopic (exact) mass is 208 g/mol. The second-order valence-electron chi connectivity index (χ2n) is 5.72. The summed E-state index contributed by atoms with van der Waals surface area (Å²) in [5.74, 6) is 0.922. The van der Waals surface area contributed by atoms with Gasteiger partial charge in [0.15, 0.2) is 0 Å². The fourth-order valence-electron chi connectivity index (χ4n) is 3.28. The number of hydrogen-bond donors (Lipinski definition) is 0. The molecule has 0 aromatic rings. The van der Waals surface area contributed by atoms with Gasteiger partial charge in [-0.1, -0.05) is 13.3 Å². The highest BCUT2D eigenvalue weighted by atomic mass is 15.2. The molecule has 2 aliphatic rings. The van der Waals surface area contributed by atoms with E-state index >= 15 is 0 Å². The maximum Gasteiger partial charge on any atom is 0.0542 e. The Morgan fingerprint density at radius 3 is 2.93 bits per heavy atom. The van der Waals surface area contributed by atoms with Crippen molar-refractivity contribution in [2.75, 3.05) is 13.1 Å². The molecule has 2 rings (SSSR count). The Labute approximate surface area is 93.8 Å². The Bertz CT molecular complexity index is 245. The molecule has 0 N–H and O–H groups in total. The lowest BCUT2D eigenvalue weighted by Gasteiger charge is -2.43. The first-order chi connectivity index (χ1) is 7.13. The van der Waals surface area contributed by atoms with Gasteiger partial charge in [0.05, 0.1) is 6.54 Å². The van der Waals surface area contributed by atoms with Gasteiger partial charge < -0.3 is 0 Å². The number of nitrogens with zero attached hydrogens (tertiary/aromatic N) is 2. The van der Waals surface area contributed by atoms with Gasteiger partial charge in [0.1, 0.15) is 0 Å². The van der Waals surface area contributed by atoms with Crippen LogP contribution in [0.15, 0.2) is 4.99 Å². The minimum atomic E-state index is 0.369. The Balaban J connectivity index is 2.16. The molecule has 2 unspecified atom stereocenters. The maximum absolute atomic E-state index is 4.45. The average Bonchev–Trinajstić information content (AvgIpc) is 2.36. The molecule has 0 aliphatic carbocycles. The van der Waals surface area contributed by atoms with Gasteiger partial charge >= 0.3 is 0 Å². The normalized spacial score (nSPS) is 35.9. The summed E-state index contributed by atoms with van der Waals surface area (Å²) < 4.78 is 0. The summed E-state index contributed by atoms with van der Waals surface area (Å²) >= 11 is 0. The predicted octanol–water partition coefficient (Wildman–Crippen LogP) is 2.73. The Morgan fingerprint density at radius 1 is 1.40 bits per heavy atom. The first-order valence-corrected chi connectivity index (χ1v) is 6.38. The van der Waals surface area contributed by atoms with Crippen LogP contribution in [0.1, 0.15) is 46.5 Å². The van der Waals surface area contributed by atoms with Crippen molar-refractivity contribution < 1.29 is 0 Å². The summed E-state index contributed by atoms with van der Waals surface area (Å²) in [6, 6.07) is 0.710. The van der Waals surface area contributed by atoms with Gasteiger partial charge in [0, 0.05) is 24.3 Å². The molecule has 15 heavy (non-hydrogen) atoms. The van der Waals surface area contributed by atoms with Crippen LogP contribution in [0.5, 0.6) is 0 Å². The zero-order valence-electron chi connectivity index (χ0n) is 10.4. The van der Waals surface area contributed by atoms with Crippen LogP contribution in [-0.2, 0) is 0 Å². The van der Waals surface area contributed by atoms with E-state index < -0.39 is 0 Å². The van der Waals surface area contributed by atoms with Crippen molar-refractivity contribution in [3.05, 3.63) is 0 Å². The smallest absolute Gasteiger partial charge is 0.0542 e. The van der Waals surface area contributed by atoms with Crippen molar-refractivity contribution in [1.82, 2.24) is 4.90 Å². The molecule has 1 saturated heterocycles. The van der Waals surface area contributed by atoms with Gasteiger partial charge in [-0.25, -0.2) is 0 Å². The Hall–Kier alpha value is -0.370. The van der Waals surface area contributed by atoms with E-state index in [0.717, 1.165) is 19.0 Å². The van der Waals surface area contributed by atoms with E-state index in [-0.39, 0.29) is 0 Å². The second kappa shape index (κ2) is 4.25. The molecule has 2 aliphatic heterocycles. The molecule has 0 amide bonds. The van der Waals surface area contributed by atoms with Gasteiger partial charge in [-0.3, -0.25) is 9.89 Å². The third-order valence-corrected chi connectivity index (χ3v) is 4.22. The van der Waals surface area contributed by atoms with Gasteiger partial charge in [0.25, 0.3) is 0 Å². The predicted molar refractivity (Wildman–Crippen MR) is 65.6 cm³/mol. The highest BCUT2D eigenvalue weighted by Gasteiger charge is 2.37. The highest BCUT2D eigenvalue weighted by molar-refractivity contribution is 5.61. The quantitative estimate of drug-likeness (QED) is 0.647. The van der Waals surface area contributed by atoms with Crippen molar-refractivity contribution in [2.24, 2.45) is 10.9 Å². The lowest BCUT2D eigenvalue weighted by Crippen LogP contribution is -2.52. The average molecular weight is 208 g/mol. The second-order valence-corrected chi connectivity index (χ2v) is 5.72. The van der Waals surface area contributed by atoms with E-state index in [9.17, 15) is 0 Å². The molecule has 1 fully saturated rings. The van der Waals surface area contributed by atoms with Crippen LogP contribution in [0, 0.1) is 5.92 Å². The summed E-state index contributed by atoms with van der Waals surface area (Å²) in [6.45, 7) is 9.25. The topological polar surface area (TPSA) is 15.6 Å². The molecule has 0 radical (unpaired) electrons. The summed E-state index contributed by atoms with van der Waals surface area (Å²) in [7, 11) is 0. The number of rotatable bonds is 1. The molecule has 2 heterocycles. The van der Waals surface area contributed by atoms with E-state index in [2.05, 4.69) is 36.9 Å². The largest absolute Gasteiger partial charge is 0.295 e. The summed E-state index contributed by atoms with van der Waals surface area (Å²) in [5.41, 5.74) is 0.369. The van der Waals surface area contributed by atoms with Gasteiger partial charge in [-0.05, 0) is 39.0 Å². The van der Waals surface area contributed by atoms with Gasteiger partial charge in [-0.15, -0.1) is 0 Å². The minimum absolute atomic E-state index is 0.369. The third kappa shape index (κ3) is 2.25.